The van der Waals surface area contributed by atoms with E-state index in [1.165, 1.54) is 10.9 Å². The molecule has 24 heavy (non-hydrogen) atoms. The molecule has 0 atom stereocenters. The molecule has 0 fully saturated rings. The molecule has 0 aliphatic heterocycles. The highest BCUT2D eigenvalue weighted by Crippen LogP contribution is 2.17. The Morgan fingerprint density at radius 3 is 2.62 bits per heavy atom. The maximum atomic E-state index is 11.8. The van der Waals surface area contributed by atoms with Crippen molar-refractivity contribution in [1.82, 2.24) is 15.6 Å². The third-order valence-electron chi connectivity index (χ3n) is 3.41. The zero-order valence-corrected chi connectivity index (χ0v) is 14.4. The number of hydrogen-bond acceptors (Lipinski definition) is 3. The molecule has 130 valence electrons. The molecule has 0 bridgehead atoms. The van der Waals surface area contributed by atoms with Crippen LogP contribution in [-0.4, -0.2) is 35.7 Å². The Balaban J connectivity index is 1.66. The third-order valence-corrected chi connectivity index (χ3v) is 3.41. The third kappa shape index (κ3) is 5.61. The predicted octanol–water partition coefficient (Wildman–Crippen LogP) is 2.74. The van der Waals surface area contributed by atoms with Gasteiger partial charge in [0.05, 0.1) is 0 Å². The lowest BCUT2D eigenvalue weighted by molar-refractivity contribution is -0.120. The van der Waals surface area contributed by atoms with E-state index in [0.717, 1.165) is 11.9 Å². The second kappa shape index (κ2) is 7.86. The van der Waals surface area contributed by atoms with Crippen LogP contribution in [0.15, 0.2) is 30.5 Å². The molecule has 2 rings (SSSR count). The largest absolute Gasteiger partial charge is 0.444 e. The lowest BCUT2D eigenvalue weighted by atomic mass is 10.1. The molecule has 0 saturated heterocycles. The minimum Gasteiger partial charge on any atom is -0.444 e. The molecule has 2 amide bonds. The number of para-hydroxylation sites is 1. The minimum atomic E-state index is -0.536. The molecule has 1 aromatic carbocycles. The smallest absolute Gasteiger partial charge is 0.407 e. The Hall–Kier alpha value is -2.50. The van der Waals surface area contributed by atoms with Crippen molar-refractivity contribution in [2.24, 2.45) is 0 Å². The number of ether oxygens (including phenoxy) is 1. The number of aromatic amines is 1. The zero-order valence-electron chi connectivity index (χ0n) is 14.4. The average molecular weight is 331 g/mol. The summed E-state index contributed by atoms with van der Waals surface area (Å²) < 4.78 is 5.11. The van der Waals surface area contributed by atoms with Gasteiger partial charge in [0.15, 0.2) is 0 Å². The molecule has 0 radical (unpaired) electrons. The second-order valence-electron chi connectivity index (χ2n) is 6.64. The van der Waals surface area contributed by atoms with Crippen LogP contribution in [0, 0.1) is 0 Å². The lowest BCUT2D eigenvalue weighted by Gasteiger charge is -2.19. The Morgan fingerprint density at radius 1 is 1.12 bits per heavy atom. The molecule has 0 spiro atoms. The minimum absolute atomic E-state index is 0.0918. The topological polar surface area (TPSA) is 83.2 Å². The summed E-state index contributed by atoms with van der Waals surface area (Å²) in [5.74, 6) is -0.0918. The van der Waals surface area contributed by atoms with Crippen LogP contribution in [0.2, 0.25) is 0 Å². The Labute approximate surface area is 142 Å². The van der Waals surface area contributed by atoms with E-state index >= 15 is 0 Å². The molecule has 3 N–H and O–H groups in total. The van der Waals surface area contributed by atoms with Gasteiger partial charge in [0.1, 0.15) is 5.60 Å². The fourth-order valence-electron chi connectivity index (χ4n) is 2.36. The highest BCUT2D eigenvalue weighted by atomic mass is 16.6. The molecule has 2 aromatic rings. The van der Waals surface area contributed by atoms with Gasteiger partial charge in [-0.15, -0.1) is 0 Å². The van der Waals surface area contributed by atoms with Gasteiger partial charge in [-0.05, 0) is 38.8 Å². The van der Waals surface area contributed by atoms with E-state index in [4.69, 9.17) is 4.74 Å². The van der Waals surface area contributed by atoms with E-state index in [1.807, 2.05) is 24.4 Å². The highest BCUT2D eigenvalue weighted by molar-refractivity contribution is 5.83. The predicted molar refractivity (Wildman–Crippen MR) is 93.9 cm³/mol. The second-order valence-corrected chi connectivity index (χ2v) is 6.64. The van der Waals surface area contributed by atoms with Crippen molar-refractivity contribution in [3.8, 4) is 0 Å². The summed E-state index contributed by atoms with van der Waals surface area (Å²) in [4.78, 5) is 26.5. The highest BCUT2D eigenvalue weighted by Gasteiger charge is 2.15. The van der Waals surface area contributed by atoms with Crippen LogP contribution in [-0.2, 0) is 16.0 Å². The van der Waals surface area contributed by atoms with E-state index in [1.54, 1.807) is 20.8 Å². The molecule has 0 saturated carbocycles. The Morgan fingerprint density at radius 2 is 1.88 bits per heavy atom. The number of aromatic nitrogens is 1. The first-order valence-corrected chi connectivity index (χ1v) is 8.14. The number of nitrogens with one attached hydrogen (secondary N) is 3. The van der Waals surface area contributed by atoms with E-state index in [-0.39, 0.29) is 18.9 Å². The summed E-state index contributed by atoms with van der Waals surface area (Å²) in [6.07, 6.45) is 2.46. The van der Waals surface area contributed by atoms with Gasteiger partial charge >= 0.3 is 6.09 Å². The summed E-state index contributed by atoms with van der Waals surface area (Å²) in [5, 5.41) is 6.61. The van der Waals surface area contributed by atoms with Crippen molar-refractivity contribution in [2.75, 3.05) is 13.1 Å². The van der Waals surface area contributed by atoms with Crippen LogP contribution in [0.1, 0.15) is 32.8 Å². The van der Waals surface area contributed by atoms with Crippen LogP contribution in [0.25, 0.3) is 10.9 Å². The number of fused-ring (bicyclic) bond motifs is 1. The van der Waals surface area contributed by atoms with Crippen LogP contribution in [0.3, 0.4) is 0 Å². The Kier molecular flexibility index (Phi) is 5.84. The van der Waals surface area contributed by atoms with Gasteiger partial charge in [0, 0.05) is 36.6 Å². The van der Waals surface area contributed by atoms with Gasteiger partial charge in [0.2, 0.25) is 5.91 Å². The van der Waals surface area contributed by atoms with Crippen LogP contribution >= 0.6 is 0 Å². The van der Waals surface area contributed by atoms with Crippen LogP contribution in [0.5, 0.6) is 0 Å². The molecule has 0 aliphatic carbocycles. The molecular weight excluding hydrogens is 306 g/mol. The average Bonchev–Trinajstić information content (AvgIpc) is 2.89. The van der Waals surface area contributed by atoms with Crippen molar-refractivity contribution >= 4 is 22.9 Å². The van der Waals surface area contributed by atoms with E-state index in [0.29, 0.717) is 6.54 Å². The summed E-state index contributed by atoms with van der Waals surface area (Å²) in [6, 6.07) is 8.08. The quantitative estimate of drug-likeness (QED) is 0.761. The van der Waals surface area contributed by atoms with E-state index in [9.17, 15) is 9.59 Å². The maximum absolute atomic E-state index is 11.8. The van der Waals surface area contributed by atoms with Gasteiger partial charge in [-0.3, -0.25) is 4.79 Å². The van der Waals surface area contributed by atoms with E-state index in [2.05, 4.69) is 21.7 Å². The number of rotatable bonds is 6. The van der Waals surface area contributed by atoms with E-state index < -0.39 is 11.7 Å². The SMILES string of the molecule is CC(C)(C)OC(=O)NCCC(=O)NCCc1c[nH]c2ccccc12. The molecule has 0 unspecified atom stereocenters. The summed E-state index contributed by atoms with van der Waals surface area (Å²) >= 11 is 0. The number of H-pyrrole nitrogens is 1. The van der Waals surface area contributed by atoms with Crippen LogP contribution in [0.4, 0.5) is 4.79 Å². The monoisotopic (exact) mass is 331 g/mol. The normalized spacial score (nSPS) is 11.3. The van der Waals surface area contributed by atoms with Crippen LogP contribution < -0.4 is 10.6 Å². The van der Waals surface area contributed by atoms with Crippen molar-refractivity contribution in [3.63, 3.8) is 0 Å². The molecule has 1 heterocycles. The van der Waals surface area contributed by atoms with Gasteiger partial charge in [0.25, 0.3) is 0 Å². The summed E-state index contributed by atoms with van der Waals surface area (Å²) in [5.41, 5.74) is 1.74. The van der Waals surface area contributed by atoms with Gasteiger partial charge < -0.3 is 20.4 Å². The standard InChI is InChI=1S/C18H25N3O3/c1-18(2,3)24-17(23)20-11-9-16(22)19-10-8-13-12-21-15-7-5-4-6-14(13)15/h4-7,12,21H,8-11H2,1-3H3,(H,19,22)(H,20,23). The van der Waals surface area contributed by atoms with Gasteiger partial charge in [-0.25, -0.2) is 4.79 Å². The lowest BCUT2D eigenvalue weighted by Crippen LogP contribution is -2.35. The molecule has 0 aliphatic rings. The molecule has 6 heteroatoms. The molecule has 6 nitrogen and oxygen atoms in total. The summed E-state index contributed by atoms with van der Waals surface area (Å²) in [7, 11) is 0. The first kappa shape index (κ1) is 17.8. The van der Waals surface area contributed by atoms with Crippen molar-refractivity contribution in [3.05, 3.63) is 36.0 Å². The fraction of sp³-hybridized carbons (Fsp3) is 0.444. The van der Waals surface area contributed by atoms with Crippen molar-refractivity contribution in [2.45, 2.75) is 39.2 Å². The number of carbonyl (C=O) groups is 2. The number of carbonyl (C=O) groups excluding carboxylic acids is 2. The Bertz CT molecular complexity index is 701. The number of hydrogen-bond donors (Lipinski definition) is 3. The number of alkyl carbamates (subject to hydrolysis) is 1. The van der Waals surface area contributed by atoms with Crippen molar-refractivity contribution in [1.29, 1.82) is 0 Å². The first-order valence-electron chi connectivity index (χ1n) is 8.14. The summed E-state index contributed by atoms with van der Waals surface area (Å²) in [6.45, 7) is 6.21. The first-order chi connectivity index (χ1) is 11.3. The van der Waals surface area contributed by atoms with Crippen molar-refractivity contribution < 1.29 is 14.3 Å². The maximum Gasteiger partial charge on any atom is 0.407 e. The van der Waals surface area contributed by atoms with Gasteiger partial charge in [-0.1, -0.05) is 18.2 Å². The number of amides is 2. The van der Waals surface area contributed by atoms with Gasteiger partial charge in [-0.2, -0.15) is 0 Å². The number of benzene rings is 1. The fourth-order valence-corrected chi connectivity index (χ4v) is 2.36. The molecular formula is C18H25N3O3. The molecule has 1 aromatic heterocycles. The zero-order chi connectivity index (χ0) is 17.6.